The molecular weight excluding hydrogens is 408 g/mol. The summed E-state index contributed by atoms with van der Waals surface area (Å²) >= 11 is 1.49. The average Bonchev–Trinajstić information content (AvgIpc) is 3.32. The third-order valence-electron chi connectivity index (χ3n) is 5.31. The summed E-state index contributed by atoms with van der Waals surface area (Å²) < 4.78 is 23.9. The molecule has 3 rings (SSSR count). The van der Waals surface area contributed by atoms with E-state index in [0.29, 0.717) is 18.7 Å². The van der Waals surface area contributed by atoms with Crippen molar-refractivity contribution in [3.8, 4) is 10.6 Å². The van der Waals surface area contributed by atoms with Crippen LogP contribution in [0.2, 0.25) is 0 Å². The third kappa shape index (κ3) is 5.83. The molecule has 1 atom stereocenters. The van der Waals surface area contributed by atoms with Gasteiger partial charge < -0.3 is 9.80 Å². The van der Waals surface area contributed by atoms with Gasteiger partial charge in [-0.3, -0.25) is 9.78 Å². The lowest BCUT2D eigenvalue weighted by atomic mass is 10.2. The normalized spacial score (nSPS) is 18.2. The average molecular weight is 437 g/mol. The minimum atomic E-state index is -3.06. The number of rotatable bonds is 9. The van der Waals surface area contributed by atoms with E-state index in [1.807, 2.05) is 17.5 Å². The van der Waals surface area contributed by atoms with E-state index < -0.39 is 9.84 Å². The Labute approximate surface area is 176 Å². The van der Waals surface area contributed by atoms with Gasteiger partial charge in [-0.2, -0.15) is 0 Å². The number of carbonyl (C=O) groups excluding carboxylic acids is 1. The Morgan fingerprint density at radius 2 is 2.07 bits per heavy atom. The number of carbonyl (C=O) groups is 1. The number of pyridine rings is 1. The van der Waals surface area contributed by atoms with Crippen LogP contribution in [0.5, 0.6) is 0 Å². The molecule has 0 aliphatic carbocycles. The van der Waals surface area contributed by atoms with Crippen LogP contribution >= 0.6 is 11.3 Å². The summed E-state index contributed by atoms with van der Waals surface area (Å²) in [6.45, 7) is 7.27. The summed E-state index contributed by atoms with van der Waals surface area (Å²) in [7, 11) is -3.06. The monoisotopic (exact) mass is 436 g/mol. The minimum Gasteiger partial charge on any atom is -0.337 e. The zero-order chi connectivity index (χ0) is 20.9. The summed E-state index contributed by atoms with van der Waals surface area (Å²) in [5, 5.41) is 2.73. The van der Waals surface area contributed by atoms with Crippen LogP contribution in [0.1, 0.15) is 26.0 Å². The van der Waals surface area contributed by atoms with Crippen molar-refractivity contribution < 1.29 is 13.2 Å². The lowest BCUT2D eigenvalue weighted by Crippen LogP contribution is -2.46. The van der Waals surface area contributed by atoms with Gasteiger partial charge in [0.05, 0.1) is 23.6 Å². The summed E-state index contributed by atoms with van der Waals surface area (Å²) in [6.07, 6.45) is 4.17. The zero-order valence-electron chi connectivity index (χ0n) is 17.0. The fourth-order valence-corrected chi connectivity index (χ4v) is 6.13. The maximum Gasteiger partial charge on any atom is 0.228 e. The molecule has 1 fully saturated rings. The third-order valence-corrected chi connectivity index (χ3v) is 8.00. The van der Waals surface area contributed by atoms with Crippen molar-refractivity contribution >= 4 is 27.1 Å². The Morgan fingerprint density at radius 3 is 2.69 bits per heavy atom. The van der Waals surface area contributed by atoms with Crippen molar-refractivity contribution in [2.45, 2.75) is 32.7 Å². The van der Waals surface area contributed by atoms with Gasteiger partial charge in [-0.15, -0.1) is 11.3 Å². The molecule has 0 aromatic carbocycles. The Bertz CT molecular complexity index is 911. The van der Waals surface area contributed by atoms with E-state index in [1.165, 1.54) is 11.3 Å². The second-order valence-electron chi connectivity index (χ2n) is 7.23. The van der Waals surface area contributed by atoms with Crippen molar-refractivity contribution in [1.82, 2.24) is 19.8 Å². The summed E-state index contributed by atoms with van der Waals surface area (Å²) in [4.78, 5) is 25.8. The second-order valence-corrected chi connectivity index (χ2v) is 10.3. The molecule has 0 radical (unpaired) electrons. The van der Waals surface area contributed by atoms with E-state index in [9.17, 15) is 13.2 Å². The smallest absolute Gasteiger partial charge is 0.228 e. The van der Waals surface area contributed by atoms with Crippen molar-refractivity contribution in [1.29, 1.82) is 0 Å². The molecule has 1 amide bonds. The van der Waals surface area contributed by atoms with Crippen LogP contribution in [-0.4, -0.2) is 77.8 Å². The fraction of sp³-hybridized carbons (Fsp3) is 0.550. The molecule has 1 saturated heterocycles. The second kappa shape index (κ2) is 9.77. The van der Waals surface area contributed by atoms with Gasteiger partial charge in [0.2, 0.25) is 5.91 Å². The summed E-state index contributed by atoms with van der Waals surface area (Å²) in [5.41, 5.74) is 1.64. The maximum atomic E-state index is 13.1. The van der Waals surface area contributed by atoms with Crippen molar-refractivity contribution in [3.63, 3.8) is 0 Å². The molecule has 1 aliphatic rings. The highest BCUT2D eigenvalue weighted by Crippen LogP contribution is 2.24. The summed E-state index contributed by atoms with van der Waals surface area (Å²) in [6, 6.07) is 3.56. The number of likely N-dealkylation sites (N-methyl/N-ethyl adjacent to an activating group) is 1. The van der Waals surface area contributed by atoms with E-state index in [4.69, 9.17) is 0 Å². The molecule has 29 heavy (non-hydrogen) atoms. The molecule has 158 valence electrons. The van der Waals surface area contributed by atoms with E-state index in [1.54, 1.807) is 17.3 Å². The highest BCUT2D eigenvalue weighted by atomic mass is 32.2. The molecule has 3 heterocycles. The highest BCUT2D eigenvalue weighted by molar-refractivity contribution is 7.91. The topological polar surface area (TPSA) is 83.5 Å². The number of hydrogen-bond acceptors (Lipinski definition) is 7. The Morgan fingerprint density at radius 1 is 1.28 bits per heavy atom. The lowest BCUT2D eigenvalue weighted by molar-refractivity contribution is -0.132. The van der Waals surface area contributed by atoms with Crippen LogP contribution < -0.4 is 0 Å². The number of thiazole rings is 1. The molecule has 0 N–H and O–H groups in total. The van der Waals surface area contributed by atoms with Gasteiger partial charge in [-0.1, -0.05) is 13.8 Å². The summed E-state index contributed by atoms with van der Waals surface area (Å²) in [5.74, 6) is 0.172. The highest BCUT2D eigenvalue weighted by Gasteiger charge is 2.34. The first-order chi connectivity index (χ1) is 13.9. The van der Waals surface area contributed by atoms with E-state index in [-0.39, 0.29) is 29.9 Å². The maximum absolute atomic E-state index is 13.1. The van der Waals surface area contributed by atoms with Crippen molar-refractivity contribution in [2.75, 3.05) is 37.7 Å². The van der Waals surface area contributed by atoms with Crippen molar-refractivity contribution in [3.05, 3.63) is 35.6 Å². The largest absolute Gasteiger partial charge is 0.337 e. The van der Waals surface area contributed by atoms with Crippen LogP contribution in [0.3, 0.4) is 0 Å². The Balaban J connectivity index is 1.71. The zero-order valence-corrected chi connectivity index (χ0v) is 18.6. The Hall–Kier alpha value is -1.84. The van der Waals surface area contributed by atoms with Gasteiger partial charge in [0, 0.05) is 42.5 Å². The molecule has 1 unspecified atom stereocenters. The van der Waals surface area contributed by atoms with Gasteiger partial charge in [-0.05, 0) is 31.6 Å². The first-order valence-electron chi connectivity index (χ1n) is 9.99. The van der Waals surface area contributed by atoms with E-state index >= 15 is 0 Å². The molecule has 2 aromatic rings. The number of sulfone groups is 1. The van der Waals surface area contributed by atoms with Gasteiger partial charge in [0.15, 0.2) is 9.84 Å². The predicted molar refractivity (Wildman–Crippen MR) is 116 cm³/mol. The lowest BCUT2D eigenvalue weighted by Gasteiger charge is -2.30. The molecule has 1 aliphatic heterocycles. The van der Waals surface area contributed by atoms with Crippen LogP contribution in [0, 0.1) is 0 Å². The number of amides is 1. The Kier molecular flexibility index (Phi) is 7.37. The van der Waals surface area contributed by atoms with Crippen LogP contribution in [0.4, 0.5) is 0 Å². The molecule has 7 nitrogen and oxygen atoms in total. The fourth-order valence-electron chi connectivity index (χ4n) is 3.59. The van der Waals surface area contributed by atoms with E-state index in [2.05, 4.69) is 28.7 Å². The predicted octanol–water partition coefficient (Wildman–Crippen LogP) is 2.11. The van der Waals surface area contributed by atoms with Gasteiger partial charge in [0.25, 0.3) is 0 Å². The molecular formula is C20H28N4O3S2. The number of hydrogen-bond donors (Lipinski definition) is 0. The van der Waals surface area contributed by atoms with E-state index in [0.717, 1.165) is 30.2 Å². The number of nitrogens with zero attached hydrogens (tertiary/aromatic N) is 4. The van der Waals surface area contributed by atoms with Crippen LogP contribution in [0.25, 0.3) is 10.6 Å². The first kappa shape index (κ1) is 21.9. The van der Waals surface area contributed by atoms with Crippen molar-refractivity contribution in [2.24, 2.45) is 0 Å². The van der Waals surface area contributed by atoms with Gasteiger partial charge in [0.1, 0.15) is 5.01 Å². The minimum absolute atomic E-state index is 0.0534. The standard InChI is InChI=1S/C20H28N4O3S2/c1-3-23(4-2)9-10-24(18-7-11-29(26,27)15-18)19(25)12-17-14-28-20(22-17)16-6-5-8-21-13-16/h5-6,8,13-14,18H,3-4,7,9-12,15H2,1-2H3. The first-order valence-corrected chi connectivity index (χ1v) is 12.7. The molecule has 9 heteroatoms. The van der Waals surface area contributed by atoms with Crippen LogP contribution in [-0.2, 0) is 21.1 Å². The molecule has 0 spiro atoms. The van der Waals surface area contributed by atoms with Crippen LogP contribution in [0.15, 0.2) is 29.9 Å². The molecule has 2 aromatic heterocycles. The van der Waals surface area contributed by atoms with Gasteiger partial charge >= 0.3 is 0 Å². The molecule has 0 bridgehead atoms. The SMILES string of the molecule is CCN(CC)CCN(C(=O)Cc1csc(-c2cccnc2)n1)C1CCS(=O)(=O)C1. The number of aromatic nitrogens is 2. The molecule has 0 saturated carbocycles. The van der Waals surface area contributed by atoms with Gasteiger partial charge in [-0.25, -0.2) is 13.4 Å². The quantitative estimate of drug-likeness (QED) is 0.599.